The van der Waals surface area contributed by atoms with Crippen LogP contribution < -0.4 is 0 Å². The topological polar surface area (TPSA) is 20.2 Å². The van der Waals surface area contributed by atoms with E-state index in [9.17, 15) is 4.39 Å². The van der Waals surface area contributed by atoms with Crippen LogP contribution in [0.2, 0.25) is 0 Å². The van der Waals surface area contributed by atoms with Gasteiger partial charge in [-0.05, 0) is 17.5 Å². The van der Waals surface area contributed by atoms with Crippen LogP contribution in [0.5, 0.6) is 0 Å². The van der Waals surface area contributed by atoms with Gasteiger partial charge < -0.3 is 5.11 Å². The highest BCUT2D eigenvalue weighted by Crippen LogP contribution is 2.05. The smallest absolute Gasteiger partial charge is 0.115 e. The first-order valence-electron chi connectivity index (χ1n) is 3.61. The van der Waals surface area contributed by atoms with Gasteiger partial charge in [-0.3, -0.25) is 0 Å². The second kappa shape index (κ2) is 4.09. The molecule has 0 aliphatic rings. The lowest BCUT2D eigenvalue weighted by molar-refractivity contribution is 0.299. The molecule has 0 radical (unpaired) electrons. The number of rotatable bonds is 3. The van der Waals surface area contributed by atoms with Crippen LogP contribution in [0.4, 0.5) is 4.39 Å². The fraction of sp³-hybridized carbons (Fsp3) is 0.333. The lowest BCUT2D eigenvalue weighted by Gasteiger charge is -1.98. The van der Waals surface area contributed by atoms with E-state index in [1.54, 1.807) is 12.1 Å². The highest BCUT2D eigenvalue weighted by molar-refractivity contribution is 5.21. The second-order valence-electron chi connectivity index (χ2n) is 2.42. The van der Waals surface area contributed by atoms with E-state index in [1.807, 2.05) is 12.1 Å². The number of alkyl halides is 1. The third-order valence-electron chi connectivity index (χ3n) is 1.58. The van der Waals surface area contributed by atoms with E-state index in [1.165, 1.54) is 0 Å². The molecule has 0 spiro atoms. The first-order valence-corrected chi connectivity index (χ1v) is 3.61. The van der Waals surface area contributed by atoms with Crippen LogP contribution >= 0.6 is 0 Å². The van der Waals surface area contributed by atoms with Crippen molar-refractivity contribution in [1.82, 2.24) is 0 Å². The molecule has 0 unspecified atom stereocenters. The van der Waals surface area contributed by atoms with Crippen molar-refractivity contribution < 1.29 is 9.50 Å². The van der Waals surface area contributed by atoms with Gasteiger partial charge in [0.15, 0.2) is 0 Å². The molecule has 0 saturated heterocycles. The highest BCUT2D eigenvalue weighted by atomic mass is 19.1. The number of hydrogen-bond donors (Lipinski definition) is 1. The van der Waals surface area contributed by atoms with Crippen LogP contribution in [0.3, 0.4) is 0 Å². The molecule has 0 bridgehead atoms. The van der Waals surface area contributed by atoms with Gasteiger partial charge in [0.25, 0.3) is 0 Å². The van der Waals surface area contributed by atoms with Crippen molar-refractivity contribution in [2.24, 2.45) is 0 Å². The van der Waals surface area contributed by atoms with Crippen LogP contribution in [0.25, 0.3) is 0 Å². The summed E-state index contributed by atoms with van der Waals surface area (Å²) < 4.78 is 12.0. The Hall–Kier alpha value is -0.890. The fourth-order valence-corrected chi connectivity index (χ4v) is 0.924. The first kappa shape index (κ1) is 8.21. The summed E-state index contributed by atoms with van der Waals surface area (Å²) in [4.78, 5) is 0. The molecule has 0 fully saturated rings. The minimum Gasteiger partial charge on any atom is -0.396 e. The number of aliphatic hydroxyl groups is 1. The monoisotopic (exact) mass is 154 g/mol. The molecule has 1 aromatic carbocycles. The third-order valence-corrected chi connectivity index (χ3v) is 1.58. The van der Waals surface area contributed by atoms with Gasteiger partial charge in [-0.25, -0.2) is 4.39 Å². The Kier molecular flexibility index (Phi) is 3.05. The highest BCUT2D eigenvalue weighted by Gasteiger charge is 1.92. The van der Waals surface area contributed by atoms with Crippen LogP contribution in [-0.2, 0) is 13.1 Å². The van der Waals surface area contributed by atoms with E-state index in [-0.39, 0.29) is 6.61 Å². The molecule has 2 heteroatoms. The third kappa shape index (κ3) is 2.31. The second-order valence-corrected chi connectivity index (χ2v) is 2.42. The molecule has 1 N–H and O–H groups in total. The molecular weight excluding hydrogens is 143 g/mol. The van der Waals surface area contributed by atoms with Gasteiger partial charge >= 0.3 is 0 Å². The van der Waals surface area contributed by atoms with Crippen molar-refractivity contribution >= 4 is 0 Å². The van der Waals surface area contributed by atoms with E-state index < -0.39 is 6.67 Å². The van der Waals surface area contributed by atoms with E-state index in [0.717, 1.165) is 5.56 Å². The van der Waals surface area contributed by atoms with Gasteiger partial charge in [-0.15, -0.1) is 0 Å². The Morgan fingerprint density at radius 2 is 1.64 bits per heavy atom. The Morgan fingerprint density at radius 3 is 2.09 bits per heavy atom. The van der Waals surface area contributed by atoms with E-state index >= 15 is 0 Å². The maximum Gasteiger partial charge on any atom is 0.115 e. The van der Waals surface area contributed by atoms with E-state index in [2.05, 4.69) is 0 Å². The summed E-state index contributed by atoms with van der Waals surface area (Å²) in [6.45, 7) is -0.269. The van der Waals surface area contributed by atoms with Crippen LogP contribution in [0, 0.1) is 0 Å². The van der Waals surface area contributed by atoms with Gasteiger partial charge in [-0.1, -0.05) is 24.3 Å². The number of benzene rings is 1. The molecule has 0 amide bonds. The van der Waals surface area contributed by atoms with Gasteiger partial charge in [0.1, 0.15) is 6.67 Å². The normalized spacial score (nSPS) is 10.0. The van der Waals surface area contributed by atoms with Gasteiger partial charge in [0.2, 0.25) is 0 Å². The summed E-state index contributed by atoms with van der Waals surface area (Å²) in [6.07, 6.45) is 0.645. The van der Waals surface area contributed by atoms with Gasteiger partial charge in [-0.2, -0.15) is 0 Å². The predicted molar refractivity (Wildman–Crippen MR) is 42.0 cm³/mol. The zero-order valence-corrected chi connectivity index (χ0v) is 6.26. The molecule has 0 atom stereocenters. The van der Waals surface area contributed by atoms with E-state index in [0.29, 0.717) is 12.0 Å². The van der Waals surface area contributed by atoms with E-state index in [4.69, 9.17) is 5.11 Å². The molecule has 0 saturated carbocycles. The molecule has 1 aromatic rings. The maximum absolute atomic E-state index is 12.0. The average molecular weight is 154 g/mol. The predicted octanol–water partition coefficient (Wildman–Crippen LogP) is 1.69. The summed E-state index contributed by atoms with van der Waals surface area (Å²) >= 11 is 0. The average Bonchev–Trinajstić information content (AvgIpc) is 2.07. The largest absolute Gasteiger partial charge is 0.396 e. The van der Waals surface area contributed by atoms with Crippen molar-refractivity contribution in [1.29, 1.82) is 0 Å². The van der Waals surface area contributed by atoms with Crippen LogP contribution in [-0.4, -0.2) is 11.7 Å². The SMILES string of the molecule is OCCc1ccc(CF)cc1. The Balaban J connectivity index is 2.66. The molecule has 11 heavy (non-hydrogen) atoms. The molecule has 60 valence electrons. The molecule has 0 aromatic heterocycles. The summed E-state index contributed by atoms with van der Waals surface area (Å²) in [5.74, 6) is 0. The van der Waals surface area contributed by atoms with Gasteiger partial charge in [0.05, 0.1) is 0 Å². The van der Waals surface area contributed by atoms with Crippen molar-refractivity contribution in [2.45, 2.75) is 13.1 Å². The molecular formula is C9H11FO. The zero-order chi connectivity index (χ0) is 8.10. The molecule has 1 nitrogen and oxygen atoms in total. The van der Waals surface area contributed by atoms with Crippen molar-refractivity contribution in [3.05, 3.63) is 35.4 Å². The summed E-state index contributed by atoms with van der Waals surface area (Å²) in [6, 6.07) is 7.16. The zero-order valence-electron chi connectivity index (χ0n) is 6.26. The molecule has 0 aliphatic carbocycles. The molecule has 0 heterocycles. The van der Waals surface area contributed by atoms with Crippen molar-refractivity contribution in [3.8, 4) is 0 Å². The standard InChI is InChI=1S/C9H11FO/c10-7-9-3-1-8(2-4-9)5-6-11/h1-4,11H,5-7H2. The summed E-state index contributed by atoms with van der Waals surface area (Å²) in [5.41, 5.74) is 1.73. The Labute approximate surface area is 65.5 Å². The lowest BCUT2D eigenvalue weighted by Crippen LogP contribution is -1.90. The quantitative estimate of drug-likeness (QED) is 0.702. The first-order chi connectivity index (χ1) is 5.36. The maximum atomic E-state index is 12.0. The molecule has 1 rings (SSSR count). The number of aliphatic hydroxyl groups excluding tert-OH is 1. The summed E-state index contributed by atoms with van der Waals surface area (Å²) in [5, 5.41) is 8.57. The van der Waals surface area contributed by atoms with Crippen LogP contribution in [0.15, 0.2) is 24.3 Å². The minimum atomic E-state index is -0.417. The lowest BCUT2D eigenvalue weighted by atomic mass is 10.1. The number of hydrogen-bond acceptors (Lipinski definition) is 1. The number of halogens is 1. The Morgan fingerprint density at radius 1 is 1.09 bits per heavy atom. The molecule has 0 aliphatic heterocycles. The van der Waals surface area contributed by atoms with Crippen LogP contribution in [0.1, 0.15) is 11.1 Å². The van der Waals surface area contributed by atoms with Crippen molar-refractivity contribution in [3.63, 3.8) is 0 Å². The fourth-order valence-electron chi connectivity index (χ4n) is 0.924. The Bertz CT molecular complexity index is 205. The van der Waals surface area contributed by atoms with Gasteiger partial charge in [0, 0.05) is 6.61 Å². The van der Waals surface area contributed by atoms with Crippen molar-refractivity contribution in [2.75, 3.05) is 6.61 Å². The summed E-state index contributed by atoms with van der Waals surface area (Å²) in [7, 11) is 0. The minimum absolute atomic E-state index is 0.148.